The van der Waals surface area contributed by atoms with Crippen LogP contribution in [0.1, 0.15) is 46.4 Å². The van der Waals surface area contributed by atoms with Crippen LogP contribution in [0.15, 0.2) is 42.5 Å². The van der Waals surface area contributed by atoms with E-state index >= 15 is 0 Å². The lowest BCUT2D eigenvalue weighted by atomic mass is 9.94. The average molecular weight is 524 g/mol. The molecule has 200 valence electrons. The Labute approximate surface area is 220 Å². The van der Waals surface area contributed by atoms with Gasteiger partial charge in [0.1, 0.15) is 17.3 Å². The molecule has 0 aliphatic carbocycles. The van der Waals surface area contributed by atoms with Gasteiger partial charge < -0.3 is 21.3 Å². The molecule has 0 spiro atoms. The summed E-state index contributed by atoms with van der Waals surface area (Å²) in [5, 5.41) is 5.88. The van der Waals surface area contributed by atoms with Crippen LogP contribution < -0.4 is 21.3 Å². The Morgan fingerprint density at radius 2 is 1.84 bits per heavy atom. The number of nitrogens with two attached hydrogens (primary N) is 1. The van der Waals surface area contributed by atoms with E-state index in [0.717, 1.165) is 22.6 Å². The predicted molar refractivity (Wildman–Crippen MR) is 142 cm³/mol. The van der Waals surface area contributed by atoms with Crippen LogP contribution in [-0.4, -0.2) is 54.0 Å². The third-order valence-corrected chi connectivity index (χ3v) is 6.42. The van der Waals surface area contributed by atoms with Crippen LogP contribution in [0.4, 0.5) is 31.0 Å². The number of likely N-dealkylation sites (N-methyl/N-ethyl adjacent to an activating group) is 1. The molecule has 1 aliphatic heterocycles. The maximum Gasteiger partial charge on any atom is 0.328 e. The van der Waals surface area contributed by atoms with Gasteiger partial charge in [0.15, 0.2) is 5.82 Å². The number of urea groups is 1. The van der Waals surface area contributed by atoms with E-state index in [-0.39, 0.29) is 24.2 Å². The monoisotopic (exact) mass is 523 g/mol. The molecule has 1 unspecified atom stereocenters. The summed E-state index contributed by atoms with van der Waals surface area (Å²) in [5.74, 6) is -1.89. The number of primary amides is 1. The summed E-state index contributed by atoms with van der Waals surface area (Å²) < 4.78 is 29.6. The Morgan fingerprint density at radius 1 is 1.16 bits per heavy atom. The molecule has 1 aliphatic rings. The van der Waals surface area contributed by atoms with E-state index in [0.29, 0.717) is 42.8 Å². The number of aromatic nitrogens is 2. The van der Waals surface area contributed by atoms with E-state index in [9.17, 15) is 18.4 Å². The first-order chi connectivity index (χ1) is 18.2. The van der Waals surface area contributed by atoms with Crippen molar-refractivity contribution in [3.63, 3.8) is 0 Å². The van der Waals surface area contributed by atoms with Crippen molar-refractivity contribution in [2.45, 2.75) is 32.2 Å². The predicted octanol–water partition coefficient (Wildman–Crippen LogP) is 3.92. The van der Waals surface area contributed by atoms with Crippen LogP contribution in [-0.2, 0) is 13.0 Å². The fourth-order valence-electron chi connectivity index (χ4n) is 4.33. The number of anilines is 3. The largest absolute Gasteiger partial charge is 0.366 e. The lowest BCUT2D eigenvalue weighted by Crippen LogP contribution is -2.43. The molecule has 2 heterocycles. The van der Waals surface area contributed by atoms with E-state index in [4.69, 9.17) is 10.7 Å². The van der Waals surface area contributed by atoms with Crippen LogP contribution in [0, 0.1) is 11.6 Å². The van der Waals surface area contributed by atoms with E-state index in [1.807, 2.05) is 38.1 Å². The second-order valence-corrected chi connectivity index (χ2v) is 9.53. The minimum atomic E-state index is -0.872. The Bertz CT molecular complexity index is 1310. The molecule has 4 N–H and O–H groups in total. The van der Waals surface area contributed by atoms with Crippen molar-refractivity contribution in [2.75, 3.05) is 37.4 Å². The fraction of sp³-hybridized carbons (Fsp3) is 0.333. The number of para-hydroxylation sites is 1. The molecule has 11 heteroatoms. The third kappa shape index (κ3) is 5.88. The zero-order valence-corrected chi connectivity index (χ0v) is 21.6. The molecule has 3 aromatic rings. The van der Waals surface area contributed by atoms with Gasteiger partial charge in [-0.2, -0.15) is 4.98 Å². The summed E-state index contributed by atoms with van der Waals surface area (Å²) in [5.41, 5.74) is 7.59. The molecular weight excluding hydrogens is 492 g/mol. The maximum absolute atomic E-state index is 14.8. The van der Waals surface area contributed by atoms with Gasteiger partial charge in [0.05, 0.1) is 12.2 Å². The first-order valence-corrected chi connectivity index (χ1v) is 12.4. The van der Waals surface area contributed by atoms with Crippen LogP contribution in [0.25, 0.3) is 0 Å². The highest BCUT2D eigenvalue weighted by Crippen LogP contribution is 2.38. The number of aryl methyl sites for hydroxylation is 1. The summed E-state index contributed by atoms with van der Waals surface area (Å²) >= 11 is 0. The van der Waals surface area contributed by atoms with Crippen molar-refractivity contribution in [1.82, 2.24) is 20.2 Å². The zero-order chi connectivity index (χ0) is 27.4. The van der Waals surface area contributed by atoms with Gasteiger partial charge in [-0.05, 0) is 62.7 Å². The molecule has 0 bridgehead atoms. The molecular formula is C27H31F2N7O2. The van der Waals surface area contributed by atoms with Gasteiger partial charge in [-0.15, -0.1) is 0 Å². The van der Waals surface area contributed by atoms with Gasteiger partial charge in [-0.3, -0.25) is 4.79 Å². The number of hydrogen-bond acceptors (Lipinski definition) is 6. The average Bonchev–Trinajstić information content (AvgIpc) is 2.88. The van der Waals surface area contributed by atoms with Crippen LogP contribution in [0.3, 0.4) is 0 Å². The first kappa shape index (κ1) is 26.9. The molecule has 0 fully saturated rings. The van der Waals surface area contributed by atoms with Crippen molar-refractivity contribution in [1.29, 1.82) is 0 Å². The molecule has 38 heavy (non-hydrogen) atoms. The zero-order valence-electron chi connectivity index (χ0n) is 21.6. The molecule has 3 amide bonds. The molecule has 0 saturated carbocycles. The Hall–Kier alpha value is -4.12. The molecule has 1 atom stereocenters. The number of carbonyl (C=O) groups is 2. The quantitative estimate of drug-likeness (QED) is 0.371. The lowest BCUT2D eigenvalue weighted by molar-refractivity contribution is 0.1000. The number of nitrogens with one attached hydrogen (secondary N) is 2. The van der Waals surface area contributed by atoms with Crippen LogP contribution in [0.2, 0.25) is 0 Å². The number of rotatable bonds is 10. The summed E-state index contributed by atoms with van der Waals surface area (Å²) in [6, 6.07) is 9.88. The van der Waals surface area contributed by atoms with Gasteiger partial charge in [-0.25, -0.2) is 23.5 Å². The minimum Gasteiger partial charge on any atom is -0.366 e. The van der Waals surface area contributed by atoms with Gasteiger partial charge in [0.25, 0.3) is 0 Å². The highest BCUT2D eigenvalue weighted by molar-refractivity contribution is 6.01. The number of amides is 3. The number of carbonyl (C=O) groups excluding carboxylic acids is 2. The smallest absolute Gasteiger partial charge is 0.328 e. The van der Waals surface area contributed by atoms with Crippen molar-refractivity contribution in [3.05, 3.63) is 76.5 Å². The van der Waals surface area contributed by atoms with Crippen LogP contribution in [0.5, 0.6) is 0 Å². The molecule has 0 radical (unpaired) electrons. The number of fused-ring (bicyclic) bond motifs is 1. The Kier molecular flexibility index (Phi) is 8.16. The van der Waals surface area contributed by atoms with Gasteiger partial charge in [-0.1, -0.05) is 25.1 Å². The van der Waals surface area contributed by atoms with Crippen molar-refractivity contribution in [2.24, 2.45) is 5.73 Å². The van der Waals surface area contributed by atoms with E-state index in [1.54, 1.807) is 12.1 Å². The van der Waals surface area contributed by atoms with Crippen molar-refractivity contribution in [3.8, 4) is 0 Å². The molecule has 0 saturated heterocycles. The topological polar surface area (TPSA) is 116 Å². The summed E-state index contributed by atoms with van der Waals surface area (Å²) in [6.07, 6.45) is 1.39. The number of nitrogens with zero attached hydrogens (tertiary/aromatic N) is 4. The Balaban J connectivity index is 1.70. The Morgan fingerprint density at radius 3 is 2.47 bits per heavy atom. The molecule has 9 nitrogen and oxygen atoms in total. The van der Waals surface area contributed by atoms with Gasteiger partial charge in [0, 0.05) is 24.2 Å². The van der Waals surface area contributed by atoms with E-state index in [1.165, 1.54) is 6.07 Å². The highest BCUT2D eigenvalue weighted by atomic mass is 19.1. The van der Waals surface area contributed by atoms with Gasteiger partial charge >= 0.3 is 6.03 Å². The molecule has 1 aromatic heterocycles. The van der Waals surface area contributed by atoms with Crippen LogP contribution >= 0.6 is 0 Å². The van der Waals surface area contributed by atoms with Crippen molar-refractivity contribution >= 4 is 29.4 Å². The SMILES string of the molecule is CC(CCc1ccc(C(N)=O)cc1)c1nc(NCCN(C)C)nc2c1CNC(=O)N2c1c(F)cccc1F. The van der Waals surface area contributed by atoms with Crippen molar-refractivity contribution < 1.29 is 18.4 Å². The summed E-state index contributed by atoms with van der Waals surface area (Å²) in [6.45, 7) is 3.38. The maximum atomic E-state index is 14.8. The lowest BCUT2D eigenvalue weighted by Gasteiger charge is -2.31. The third-order valence-electron chi connectivity index (χ3n) is 6.42. The second-order valence-electron chi connectivity index (χ2n) is 9.53. The number of halogens is 2. The molecule has 2 aromatic carbocycles. The minimum absolute atomic E-state index is 0.0840. The molecule has 4 rings (SSSR count). The standard InChI is InChI=1S/C27H31F2N7O2/c1-16(7-8-17-9-11-18(12-10-17)24(30)37)22-19-15-32-27(38)36(23-20(28)5-4-6-21(23)29)25(19)34-26(33-22)31-13-14-35(2)3/h4-6,9-12,16H,7-8,13-15H2,1-3H3,(H2,30,37)(H,32,38)(H,31,33,34). The van der Waals surface area contributed by atoms with E-state index < -0.39 is 29.3 Å². The number of benzene rings is 2. The van der Waals surface area contributed by atoms with Gasteiger partial charge in [0.2, 0.25) is 11.9 Å². The summed E-state index contributed by atoms with van der Waals surface area (Å²) in [7, 11) is 3.87. The second kappa shape index (κ2) is 11.5. The first-order valence-electron chi connectivity index (χ1n) is 12.4. The van der Waals surface area contributed by atoms with E-state index in [2.05, 4.69) is 15.6 Å². The fourth-order valence-corrected chi connectivity index (χ4v) is 4.33. The normalized spacial score (nSPS) is 13.7. The number of hydrogen-bond donors (Lipinski definition) is 3. The summed E-state index contributed by atoms with van der Waals surface area (Å²) in [4.78, 5) is 36.5. The highest BCUT2D eigenvalue weighted by Gasteiger charge is 2.34.